The molecular formula is C47H37N3. The van der Waals surface area contributed by atoms with Crippen molar-refractivity contribution in [2.45, 2.75) is 37.5 Å². The van der Waals surface area contributed by atoms with Crippen LogP contribution in [-0.2, 0) is 5.41 Å². The maximum atomic E-state index is 5.28. The monoisotopic (exact) mass is 643 g/mol. The van der Waals surface area contributed by atoms with Gasteiger partial charge in [0.25, 0.3) is 0 Å². The van der Waals surface area contributed by atoms with Crippen LogP contribution in [0.3, 0.4) is 0 Å². The van der Waals surface area contributed by atoms with E-state index in [4.69, 9.17) is 15.0 Å². The van der Waals surface area contributed by atoms with E-state index in [1.807, 2.05) is 12.1 Å². The summed E-state index contributed by atoms with van der Waals surface area (Å²) in [5, 5.41) is 2.42. The molecule has 0 unspecified atom stereocenters. The normalized spacial score (nSPS) is 24.1. The predicted octanol–water partition coefficient (Wildman–Crippen LogP) is 11.4. The zero-order valence-electron chi connectivity index (χ0n) is 28.0. The van der Waals surface area contributed by atoms with Crippen LogP contribution in [0, 0.1) is 23.7 Å². The van der Waals surface area contributed by atoms with Crippen LogP contribution in [0.1, 0.15) is 43.2 Å². The van der Waals surface area contributed by atoms with Crippen molar-refractivity contribution in [3.63, 3.8) is 0 Å². The van der Waals surface area contributed by atoms with Gasteiger partial charge in [-0.1, -0.05) is 127 Å². The molecular weight excluding hydrogens is 607 g/mol. The van der Waals surface area contributed by atoms with Gasteiger partial charge in [0.1, 0.15) is 0 Å². The highest BCUT2D eigenvalue weighted by molar-refractivity contribution is 5.99. The first-order chi connectivity index (χ1) is 24.7. The van der Waals surface area contributed by atoms with Crippen LogP contribution >= 0.6 is 0 Å². The Morgan fingerprint density at radius 1 is 0.400 bits per heavy atom. The van der Waals surface area contributed by atoms with Crippen molar-refractivity contribution < 1.29 is 0 Å². The molecule has 3 heteroatoms. The molecule has 50 heavy (non-hydrogen) atoms. The molecule has 6 aromatic carbocycles. The van der Waals surface area contributed by atoms with E-state index in [-0.39, 0.29) is 5.41 Å². The molecule has 0 N–H and O–H groups in total. The minimum absolute atomic E-state index is 0.0440. The Morgan fingerprint density at radius 2 is 0.880 bits per heavy atom. The van der Waals surface area contributed by atoms with E-state index >= 15 is 0 Å². The summed E-state index contributed by atoms with van der Waals surface area (Å²) >= 11 is 0. The van der Waals surface area contributed by atoms with E-state index in [1.165, 1.54) is 65.1 Å². The third-order valence-corrected chi connectivity index (χ3v) is 12.7. The molecule has 0 atom stereocenters. The molecule has 3 nitrogen and oxygen atoms in total. The first kappa shape index (κ1) is 28.4. The Kier molecular flexibility index (Phi) is 6.14. The largest absolute Gasteiger partial charge is 0.208 e. The predicted molar refractivity (Wildman–Crippen MR) is 202 cm³/mol. The van der Waals surface area contributed by atoms with Crippen molar-refractivity contribution >= 4 is 10.8 Å². The number of hydrogen-bond donors (Lipinski definition) is 0. The molecule has 240 valence electrons. The molecule has 5 aliphatic carbocycles. The molecule has 4 saturated carbocycles. The van der Waals surface area contributed by atoms with Gasteiger partial charge in [0, 0.05) is 22.1 Å². The Balaban J connectivity index is 1.21. The SMILES string of the molecule is c1ccc(-c2nc(-c3ccccc3)nc(-c3cc4ccccc4cc3-c3cccc4c3C3(c5ccccc5-4)C4CC5CC(C4)CC3C5)n2)cc1. The Bertz CT molecular complexity index is 2360. The Hall–Kier alpha value is -5.41. The van der Waals surface area contributed by atoms with Crippen LogP contribution < -0.4 is 0 Å². The van der Waals surface area contributed by atoms with Crippen molar-refractivity contribution in [2.24, 2.45) is 23.7 Å². The van der Waals surface area contributed by atoms with Gasteiger partial charge >= 0.3 is 0 Å². The molecule has 0 amide bonds. The fraction of sp³-hybridized carbons (Fsp3) is 0.213. The second-order valence-electron chi connectivity index (χ2n) is 15.2. The van der Waals surface area contributed by atoms with Crippen molar-refractivity contribution in [1.82, 2.24) is 15.0 Å². The van der Waals surface area contributed by atoms with Gasteiger partial charge in [-0.05, 0) is 112 Å². The Labute approximate surface area is 293 Å². The minimum Gasteiger partial charge on any atom is -0.208 e. The highest BCUT2D eigenvalue weighted by Gasteiger charge is 2.62. The van der Waals surface area contributed by atoms with E-state index in [1.54, 1.807) is 11.1 Å². The quantitative estimate of drug-likeness (QED) is 0.192. The Morgan fingerprint density at radius 3 is 1.50 bits per heavy atom. The maximum Gasteiger partial charge on any atom is 0.164 e. The van der Waals surface area contributed by atoms with E-state index in [9.17, 15) is 0 Å². The minimum atomic E-state index is 0.0440. The molecule has 4 bridgehead atoms. The van der Waals surface area contributed by atoms with Gasteiger partial charge in [-0.3, -0.25) is 0 Å². The van der Waals surface area contributed by atoms with Crippen LogP contribution in [-0.4, -0.2) is 15.0 Å². The summed E-state index contributed by atoms with van der Waals surface area (Å²) < 4.78 is 0. The van der Waals surface area contributed by atoms with E-state index in [0.29, 0.717) is 29.3 Å². The van der Waals surface area contributed by atoms with Gasteiger partial charge in [-0.15, -0.1) is 0 Å². The van der Waals surface area contributed by atoms with Gasteiger partial charge in [-0.2, -0.15) is 0 Å². The summed E-state index contributed by atoms with van der Waals surface area (Å²) in [6.07, 6.45) is 6.87. The van der Waals surface area contributed by atoms with Gasteiger partial charge < -0.3 is 0 Å². The molecule has 0 aliphatic heterocycles. The highest BCUT2D eigenvalue weighted by atomic mass is 15.0. The number of nitrogens with zero attached hydrogens (tertiary/aromatic N) is 3. The molecule has 0 saturated heterocycles. The van der Waals surface area contributed by atoms with E-state index in [2.05, 4.69) is 127 Å². The molecule has 1 heterocycles. The van der Waals surface area contributed by atoms with E-state index in [0.717, 1.165) is 28.5 Å². The van der Waals surface area contributed by atoms with E-state index < -0.39 is 0 Å². The average Bonchev–Trinajstić information content (AvgIpc) is 3.48. The van der Waals surface area contributed by atoms with Crippen LogP contribution in [0.2, 0.25) is 0 Å². The molecule has 1 spiro atoms. The maximum absolute atomic E-state index is 5.28. The van der Waals surface area contributed by atoms with Crippen molar-refractivity contribution in [3.8, 4) is 56.4 Å². The first-order valence-electron chi connectivity index (χ1n) is 18.4. The van der Waals surface area contributed by atoms with Gasteiger partial charge in [0.05, 0.1) is 0 Å². The molecule has 5 aliphatic rings. The second kappa shape index (κ2) is 10.8. The van der Waals surface area contributed by atoms with Crippen LogP contribution in [0.15, 0.2) is 140 Å². The third kappa shape index (κ3) is 4.07. The lowest BCUT2D eigenvalue weighted by Gasteiger charge is -2.61. The average molecular weight is 644 g/mol. The summed E-state index contributed by atoms with van der Waals surface area (Å²) in [5.74, 6) is 5.23. The lowest BCUT2D eigenvalue weighted by atomic mass is 9.42. The first-order valence-corrected chi connectivity index (χ1v) is 18.4. The summed E-state index contributed by atoms with van der Waals surface area (Å²) in [5.41, 5.74) is 11.6. The number of rotatable bonds is 4. The van der Waals surface area contributed by atoms with Gasteiger partial charge in [0.2, 0.25) is 0 Å². The van der Waals surface area contributed by atoms with Crippen LogP contribution in [0.25, 0.3) is 67.2 Å². The summed E-state index contributed by atoms with van der Waals surface area (Å²) in [4.78, 5) is 15.6. The highest BCUT2D eigenvalue weighted by Crippen LogP contribution is 2.70. The lowest BCUT2D eigenvalue weighted by molar-refractivity contribution is -0.0397. The smallest absolute Gasteiger partial charge is 0.164 e. The summed E-state index contributed by atoms with van der Waals surface area (Å²) in [7, 11) is 0. The third-order valence-electron chi connectivity index (χ3n) is 12.7. The van der Waals surface area contributed by atoms with Gasteiger partial charge in [0.15, 0.2) is 17.5 Å². The number of aromatic nitrogens is 3. The number of fused-ring (bicyclic) bond motifs is 4. The number of hydrogen-bond acceptors (Lipinski definition) is 3. The van der Waals surface area contributed by atoms with Crippen LogP contribution in [0.5, 0.6) is 0 Å². The molecule has 0 radical (unpaired) electrons. The van der Waals surface area contributed by atoms with Crippen LogP contribution in [0.4, 0.5) is 0 Å². The van der Waals surface area contributed by atoms with Crippen molar-refractivity contribution in [1.29, 1.82) is 0 Å². The summed E-state index contributed by atoms with van der Waals surface area (Å²) in [6.45, 7) is 0. The lowest BCUT2D eigenvalue weighted by Crippen LogP contribution is -2.55. The molecule has 4 fully saturated rings. The topological polar surface area (TPSA) is 38.7 Å². The zero-order chi connectivity index (χ0) is 32.8. The standard InChI is InChI=1S/C47H37N3/c1-3-12-31(13-4-1)44-48-45(32-14-5-2-6-15-32)50-46(49-44)41-28-34-17-8-7-16-33(34)27-40(41)39-20-11-19-38-37-18-9-10-21-42(37)47(43(38)39)35-23-29-22-30(25-35)26-36(47)24-29/h1-21,27-30,35-36H,22-26H2. The fourth-order valence-corrected chi connectivity index (χ4v) is 11.0. The van der Waals surface area contributed by atoms with Crippen molar-refractivity contribution in [2.75, 3.05) is 0 Å². The zero-order valence-corrected chi connectivity index (χ0v) is 28.0. The number of benzene rings is 6. The molecule has 12 rings (SSSR count). The molecule has 1 aromatic heterocycles. The molecule has 7 aromatic rings. The van der Waals surface area contributed by atoms with Crippen molar-refractivity contribution in [3.05, 3.63) is 151 Å². The van der Waals surface area contributed by atoms with Gasteiger partial charge in [-0.25, -0.2) is 15.0 Å². The summed E-state index contributed by atoms with van der Waals surface area (Å²) in [6, 6.07) is 50.6. The second-order valence-corrected chi connectivity index (χ2v) is 15.2. The fourth-order valence-electron chi connectivity index (χ4n) is 11.0.